The maximum Gasteiger partial charge on any atom is 0.257 e. The maximum atomic E-state index is 15.7. The van der Waals surface area contributed by atoms with Crippen LogP contribution in [0.15, 0.2) is 36.9 Å². The lowest BCUT2D eigenvalue weighted by molar-refractivity contribution is -0.0374. The topological polar surface area (TPSA) is 34.3 Å². The summed E-state index contributed by atoms with van der Waals surface area (Å²) in [6.07, 6.45) is 2.64. The average molecular weight is 533 g/mol. The van der Waals surface area contributed by atoms with Crippen molar-refractivity contribution in [2.24, 2.45) is 0 Å². The molecule has 38 heavy (non-hydrogen) atoms. The lowest BCUT2D eigenvalue weighted by Gasteiger charge is -2.42. The van der Waals surface area contributed by atoms with Crippen molar-refractivity contribution in [3.63, 3.8) is 0 Å². The Balaban J connectivity index is 1.52. The second-order valence-electron chi connectivity index (χ2n) is 10.7. The number of halogens is 5. The number of aromatic nitrogens is 1. The van der Waals surface area contributed by atoms with Gasteiger partial charge in [-0.2, -0.15) is 0 Å². The van der Waals surface area contributed by atoms with Gasteiger partial charge in [-0.15, -0.1) is 0 Å². The number of H-pyrrole nitrogens is 1. The first-order valence-corrected chi connectivity index (χ1v) is 13.0. The molecule has 2 aromatic carbocycles. The molecule has 0 radical (unpaired) electrons. The van der Waals surface area contributed by atoms with Crippen molar-refractivity contribution < 1.29 is 22.0 Å². The highest BCUT2D eigenvalue weighted by molar-refractivity contribution is 5.87. The van der Waals surface area contributed by atoms with Gasteiger partial charge < -0.3 is 10.3 Å². The molecule has 2 aliphatic rings. The molecule has 0 bridgehead atoms. The zero-order chi connectivity index (χ0) is 27.2. The molecule has 204 valence electrons. The van der Waals surface area contributed by atoms with Gasteiger partial charge in [0.2, 0.25) is 0 Å². The third-order valence-electron chi connectivity index (χ3n) is 7.62. The van der Waals surface area contributed by atoms with Crippen LogP contribution in [0.1, 0.15) is 48.7 Å². The Morgan fingerprint density at radius 2 is 1.87 bits per heavy atom. The smallest absolute Gasteiger partial charge is 0.257 e. The minimum Gasteiger partial charge on any atom is -0.380 e. The summed E-state index contributed by atoms with van der Waals surface area (Å²) in [5, 5.41) is 4.05. The van der Waals surface area contributed by atoms with Crippen LogP contribution in [0.3, 0.4) is 0 Å². The molecule has 2 N–H and O–H groups in total. The summed E-state index contributed by atoms with van der Waals surface area (Å²) in [6.45, 7) is 7.40. The lowest BCUT2D eigenvalue weighted by Crippen LogP contribution is -2.54. The number of nitrogens with one attached hydrogen (secondary N) is 2. The van der Waals surface area contributed by atoms with Crippen LogP contribution in [-0.4, -0.2) is 65.6 Å². The van der Waals surface area contributed by atoms with E-state index in [1.165, 1.54) is 17.0 Å². The molecular weight excluding hydrogens is 499 g/mol. The Morgan fingerprint density at radius 3 is 2.50 bits per heavy atom. The normalized spacial score (nSPS) is 20.9. The number of aromatic amines is 1. The third-order valence-corrected chi connectivity index (χ3v) is 7.62. The molecule has 0 aliphatic carbocycles. The minimum absolute atomic E-state index is 0.00334. The molecule has 1 saturated heterocycles. The van der Waals surface area contributed by atoms with Crippen LogP contribution in [0.4, 0.5) is 27.6 Å². The molecule has 1 unspecified atom stereocenters. The van der Waals surface area contributed by atoms with Gasteiger partial charge in [-0.1, -0.05) is 24.8 Å². The number of rotatable bonds is 9. The average Bonchev–Trinajstić information content (AvgIpc) is 3.18. The summed E-state index contributed by atoms with van der Waals surface area (Å²) < 4.78 is 72.5. The quantitative estimate of drug-likeness (QED) is 0.307. The molecule has 9 heteroatoms. The second-order valence-corrected chi connectivity index (χ2v) is 10.7. The molecule has 2 atom stereocenters. The largest absolute Gasteiger partial charge is 0.380 e. The highest BCUT2D eigenvalue weighted by Crippen LogP contribution is 2.44. The number of fused-ring (bicyclic) bond motifs is 3. The summed E-state index contributed by atoms with van der Waals surface area (Å²) in [4.78, 5) is 6.87. The number of hydrogen-bond donors (Lipinski definition) is 2. The fraction of sp³-hybridized carbons (Fsp3) is 0.448. The van der Waals surface area contributed by atoms with Gasteiger partial charge in [0.25, 0.3) is 5.92 Å². The van der Waals surface area contributed by atoms with Crippen LogP contribution in [0.25, 0.3) is 17.0 Å². The fourth-order valence-corrected chi connectivity index (χ4v) is 5.88. The van der Waals surface area contributed by atoms with E-state index in [4.69, 9.17) is 0 Å². The lowest BCUT2D eigenvalue weighted by atomic mass is 9.87. The first kappa shape index (κ1) is 26.7. The van der Waals surface area contributed by atoms with Crippen molar-refractivity contribution in [3.8, 4) is 0 Å². The Kier molecular flexibility index (Phi) is 7.26. The van der Waals surface area contributed by atoms with Crippen molar-refractivity contribution in [2.45, 2.75) is 50.7 Å². The summed E-state index contributed by atoms with van der Waals surface area (Å²) >= 11 is 0. The molecule has 0 spiro atoms. The number of nitrogens with zero attached hydrogens (tertiary/aromatic N) is 2. The molecule has 0 saturated carbocycles. The van der Waals surface area contributed by atoms with Gasteiger partial charge in [-0.25, -0.2) is 17.6 Å². The van der Waals surface area contributed by atoms with Crippen LogP contribution < -0.4 is 5.32 Å². The molecule has 5 rings (SSSR count). The van der Waals surface area contributed by atoms with E-state index < -0.39 is 30.1 Å². The van der Waals surface area contributed by atoms with E-state index >= 15 is 8.78 Å². The van der Waals surface area contributed by atoms with E-state index in [2.05, 4.69) is 21.8 Å². The van der Waals surface area contributed by atoms with Gasteiger partial charge in [0.05, 0.1) is 25.3 Å². The first-order valence-electron chi connectivity index (χ1n) is 13.0. The number of anilines is 1. The summed E-state index contributed by atoms with van der Waals surface area (Å²) in [5.41, 5.74) is 3.11. The van der Waals surface area contributed by atoms with Gasteiger partial charge >= 0.3 is 0 Å². The number of hydrogen-bond acceptors (Lipinski definition) is 3. The standard InChI is InChI=1S/C29H33F5N4/c1-4-18-6-7-21-22-10-17(2)38(16-29(3,33)34)28(27(22)36-25(21)11-18)26-23(31)12-19(13-24(26)32)35-20-14-37(15-20)9-5-8-30/h4,6-7,11-13,17,20,28,35-36H,1,5,8-10,14-16H2,2-3H3/t17?,28-/m0/s1. The van der Waals surface area contributed by atoms with Crippen LogP contribution in [0.2, 0.25) is 0 Å². The van der Waals surface area contributed by atoms with Crippen LogP contribution in [0.5, 0.6) is 0 Å². The van der Waals surface area contributed by atoms with E-state index in [1.54, 1.807) is 6.08 Å². The van der Waals surface area contributed by atoms with E-state index in [1.807, 2.05) is 25.1 Å². The summed E-state index contributed by atoms with van der Waals surface area (Å²) in [7, 11) is 0. The Morgan fingerprint density at radius 1 is 1.16 bits per heavy atom. The van der Waals surface area contributed by atoms with Gasteiger partial charge in [0.15, 0.2) is 0 Å². The third kappa shape index (κ3) is 5.18. The highest BCUT2D eigenvalue weighted by atomic mass is 19.3. The summed E-state index contributed by atoms with van der Waals surface area (Å²) in [6, 6.07) is 6.80. The zero-order valence-corrected chi connectivity index (χ0v) is 21.6. The molecule has 0 amide bonds. The Bertz CT molecular complexity index is 1300. The molecule has 3 heterocycles. The van der Waals surface area contributed by atoms with Crippen molar-refractivity contribution >= 4 is 22.7 Å². The van der Waals surface area contributed by atoms with E-state index in [0.29, 0.717) is 43.9 Å². The molecule has 4 nitrogen and oxygen atoms in total. The Hall–Kier alpha value is -2.91. The number of benzene rings is 2. The Labute approximate surface area is 219 Å². The van der Waals surface area contributed by atoms with Gasteiger partial charge in [-0.05, 0) is 49.1 Å². The van der Waals surface area contributed by atoms with E-state index in [0.717, 1.165) is 29.0 Å². The van der Waals surface area contributed by atoms with Crippen molar-refractivity contribution in [2.75, 3.05) is 38.2 Å². The fourth-order valence-electron chi connectivity index (χ4n) is 5.88. The number of alkyl halides is 3. The summed E-state index contributed by atoms with van der Waals surface area (Å²) in [5.74, 6) is -4.64. The monoisotopic (exact) mass is 532 g/mol. The first-order chi connectivity index (χ1) is 18.1. The van der Waals surface area contributed by atoms with Crippen LogP contribution >= 0.6 is 0 Å². The minimum atomic E-state index is -3.06. The van der Waals surface area contributed by atoms with E-state index in [9.17, 15) is 13.2 Å². The van der Waals surface area contributed by atoms with Gasteiger partial charge in [0.1, 0.15) is 11.6 Å². The molecule has 3 aromatic rings. The van der Waals surface area contributed by atoms with Gasteiger partial charge in [0, 0.05) is 60.4 Å². The van der Waals surface area contributed by atoms with Gasteiger partial charge in [-0.3, -0.25) is 14.2 Å². The molecule has 1 aromatic heterocycles. The van der Waals surface area contributed by atoms with Crippen molar-refractivity contribution in [3.05, 3.63) is 70.9 Å². The van der Waals surface area contributed by atoms with E-state index in [-0.39, 0.29) is 24.3 Å². The SMILES string of the molecule is C=Cc1ccc2c3c([nH]c2c1)[C@H](c1c(F)cc(NC2CN(CCCF)C2)cc1F)N(CC(C)(F)F)C(C)C3. The van der Waals surface area contributed by atoms with Crippen molar-refractivity contribution in [1.82, 2.24) is 14.8 Å². The second kappa shape index (κ2) is 10.3. The highest BCUT2D eigenvalue weighted by Gasteiger charge is 2.42. The van der Waals surface area contributed by atoms with Crippen LogP contribution in [0, 0.1) is 11.6 Å². The van der Waals surface area contributed by atoms with Crippen molar-refractivity contribution in [1.29, 1.82) is 0 Å². The predicted octanol–water partition coefficient (Wildman–Crippen LogP) is 6.54. The van der Waals surface area contributed by atoms with Crippen LogP contribution in [-0.2, 0) is 6.42 Å². The maximum absolute atomic E-state index is 15.7. The molecule has 2 aliphatic heterocycles. The molecular formula is C29H33F5N4. The zero-order valence-electron chi connectivity index (χ0n) is 21.6. The number of likely N-dealkylation sites (tertiary alicyclic amines) is 1. The predicted molar refractivity (Wildman–Crippen MR) is 142 cm³/mol. The molecule has 1 fully saturated rings.